The number of anilines is 1. The number of benzene rings is 1. The van der Waals surface area contributed by atoms with E-state index in [0.717, 1.165) is 5.56 Å². The second-order valence-corrected chi connectivity index (χ2v) is 5.73. The van der Waals surface area contributed by atoms with Gasteiger partial charge in [0.15, 0.2) is 0 Å². The Balaban J connectivity index is 1.87. The third kappa shape index (κ3) is 3.82. The Morgan fingerprint density at radius 1 is 1.35 bits per heavy atom. The maximum absolute atomic E-state index is 11.8. The van der Waals surface area contributed by atoms with Crippen molar-refractivity contribution in [2.24, 2.45) is 0 Å². The number of carbonyl (C=O) groups is 1. The summed E-state index contributed by atoms with van der Waals surface area (Å²) in [6.45, 7) is 0.467. The van der Waals surface area contributed by atoms with E-state index in [0.29, 0.717) is 33.2 Å². The zero-order chi connectivity index (χ0) is 14.5. The summed E-state index contributed by atoms with van der Waals surface area (Å²) in [5.41, 5.74) is 0.935. The van der Waals surface area contributed by atoms with Crippen LogP contribution in [0.25, 0.3) is 0 Å². The van der Waals surface area contributed by atoms with Gasteiger partial charge in [-0.15, -0.1) is 10.2 Å². The van der Waals surface area contributed by atoms with Crippen LogP contribution in [0.4, 0.5) is 5.13 Å². The van der Waals surface area contributed by atoms with Crippen molar-refractivity contribution in [3.05, 3.63) is 38.8 Å². The number of rotatable bonds is 5. The first-order valence-corrected chi connectivity index (χ1v) is 7.41. The quantitative estimate of drug-likeness (QED) is 0.884. The van der Waals surface area contributed by atoms with Crippen LogP contribution in [0, 0.1) is 0 Å². The van der Waals surface area contributed by atoms with E-state index in [1.54, 1.807) is 19.2 Å². The summed E-state index contributed by atoms with van der Waals surface area (Å²) in [5.74, 6) is -0.242. The standard InChI is InChI=1S/C12H12Cl2N4OS/c1-15-12-18-17-11(20-12)10(19)16-5-4-7-2-3-8(13)6-9(7)14/h2-3,6H,4-5H2,1H3,(H,15,18)(H,16,19). The van der Waals surface area contributed by atoms with Crippen LogP contribution < -0.4 is 10.6 Å². The number of nitrogens with zero attached hydrogens (tertiary/aromatic N) is 2. The average molecular weight is 331 g/mol. The number of aromatic nitrogens is 2. The van der Waals surface area contributed by atoms with Gasteiger partial charge in [-0.1, -0.05) is 40.6 Å². The van der Waals surface area contributed by atoms with E-state index in [4.69, 9.17) is 23.2 Å². The smallest absolute Gasteiger partial charge is 0.282 e. The van der Waals surface area contributed by atoms with Crippen LogP contribution in [0.15, 0.2) is 18.2 Å². The largest absolute Gasteiger partial charge is 0.363 e. The molecule has 0 spiro atoms. The van der Waals surface area contributed by atoms with E-state index in [9.17, 15) is 4.79 Å². The molecule has 20 heavy (non-hydrogen) atoms. The molecule has 5 nitrogen and oxygen atoms in total. The number of hydrogen-bond donors (Lipinski definition) is 2. The molecule has 8 heteroatoms. The highest BCUT2D eigenvalue weighted by molar-refractivity contribution is 7.17. The van der Waals surface area contributed by atoms with Gasteiger partial charge in [-0.05, 0) is 24.1 Å². The predicted octanol–water partition coefficient (Wildman–Crippen LogP) is 2.86. The highest BCUT2D eigenvalue weighted by Gasteiger charge is 2.11. The number of amides is 1. The molecule has 1 aromatic carbocycles. The SMILES string of the molecule is CNc1nnc(C(=O)NCCc2ccc(Cl)cc2Cl)s1. The van der Waals surface area contributed by atoms with Crippen molar-refractivity contribution in [1.82, 2.24) is 15.5 Å². The Labute approximate surface area is 130 Å². The number of halogens is 2. The van der Waals surface area contributed by atoms with Crippen LogP contribution in [0.2, 0.25) is 10.0 Å². The summed E-state index contributed by atoms with van der Waals surface area (Å²) in [6.07, 6.45) is 0.624. The monoisotopic (exact) mass is 330 g/mol. The molecule has 0 aliphatic heterocycles. The number of carbonyl (C=O) groups excluding carboxylic acids is 1. The minimum absolute atomic E-state index is 0.242. The molecule has 0 aliphatic carbocycles. The molecule has 1 aromatic heterocycles. The van der Waals surface area contributed by atoms with Crippen LogP contribution in [-0.4, -0.2) is 29.7 Å². The fourth-order valence-electron chi connectivity index (χ4n) is 1.53. The van der Waals surface area contributed by atoms with Crippen molar-refractivity contribution in [2.45, 2.75) is 6.42 Å². The second kappa shape index (κ2) is 6.88. The molecular weight excluding hydrogens is 319 g/mol. The third-order valence-corrected chi connectivity index (χ3v) is 4.05. The van der Waals surface area contributed by atoms with Crippen LogP contribution in [-0.2, 0) is 6.42 Å². The maximum atomic E-state index is 11.8. The summed E-state index contributed by atoms with van der Waals surface area (Å²) >= 11 is 13.1. The Morgan fingerprint density at radius 3 is 2.80 bits per heavy atom. The summed E-state index contributed by atoms with van der Waals surface area (Å²) in [7, 11) is 1.73. The summed E-state index contributed by atoms with van der Waals surface area (Å²) in [6, 6.07) is 5.31. The summed E-state index contributed by atoms with van der Waals surface area (Å²) < 4.78 is 0. The molecule has 2 aromatic rings. The van der Waals surface area contributed by atoms with Crippen molar-refractivity contribution >= 4 is 45.6 Å². The molecular formula is C12H12Cl2N4OS. The predicted molar refractivity (Wildman–Crippen MR) is 82.0 cm³/mol. The Hall–Kier alpha value is -1.37. The Bertz CT molecular complexity index is 617. The summed E-state index contributed by atoms with van der Waals surface area (Å²) in [5, 5.41) is 15.3. The normalized spacial score (nSPS) is 10.3. The van der Waals surface area contributed by atoms with E-state index in [1.165, 1.54) is 11.3 Å². The van der Waals surface area contributed by atoms with Crippen molar-refractivity contribution in [3.63, 3.8) is 0 Å². The maximum Gasteiger partial charge on any atom is 0.282 e. The highest BCUT2D eigenvalue weighted by Crippen LogP contribution is 2.21. The van der Waals surface area contributed by atoms with Crippen molar-refractivity contribution < 1.29 is 4.79 Å². The topological polar surface area (TPSA) is 66.9 Å². The number of hydrogen-bond acceptors (Lipinski definition) is 5. The molecule has 0 bridgehead atoms. The van der Waals surface area contributed by atoms with Crippen LogP contribution in [0.5, 0.6) is 0 Å². The van der Waals surface area contributed by atoms with Gasteiger partial charge in [0.1, 0.15) is 0 Å². The van der Waals surface area contributed by atoms with E-state index in [1.807, 2.05) is 6.07 Å². The van der Waals surface area contributed by atoms with E-state index < -0.39 is 0 Å². The van der Waals surface area contributed by atoms with E-state index in [2.05, 4.69) is 20.8 Å². The zero-order valence-corrected chi connectivity index (χ0v) is 12.9. The van der Waals surface area contributed by atoms with Gasteiger partial charge in [0, 0.05) is 23.6 Å². The lowest BCUT2D eigenvalue weighted by Gasteiger charge is -2.05. The highest BCUT2D eigenvalue weighted by atomic mass is 35.5. The van der Waals surface area contributed by atoms with Crippen molar-refractivity contribution in [2.75, 3.05) is 18.9 Å². The molecule has 106 valence electrons. The Kier molecular flexibility index (Phi) is 5.17. The summed E-state index contributed by atoms with van der Waals surface area (Å²) in [4.78, 5) is 11.8. The van der Waals surface area contributed by atoms with Gasteiger partial charge in [-0.25, -0.2) is 0 Å². The van der Waals surface area contributed by atoms with Gasteiger partial charge >= 0.3 is 0 Å². The van der Waals surface area contributed by atoms with Gasteiger partial charge < -0.3 is 10.6 Å². The minimum Gasteiger partial charge on any atom is -0.363 e. The minimum atomic E-state index is -0.242. The molecule has 0 radical (unpaired) electrons. The van der Waals surface area contributed by atoms with Crippen LogP contribution >= 0.6 is 34.5 Å². The third-order valence-electron chi connectivity index (χ3n) is 2.53. The van der Waals surface area contributed by atoms with Crippen LogP contribution in [0.3, 0.4) is 0 Å². The fourth-order valence-corrected chi connectivity index (χ4v) is 2.64. The van der Waals surface area contributed by atoms with Crippen molar-refractivity contribution in [1.29, 1.82) is 0 Å². The first kappa shape index (κ1) is 15.0. The molecule has 1 heterocycles. The molecule has 0 atom stereocenters. The molecule has 2 N–H and O–H groups in total. The molecule has 0 aliphatic rings. The fraction of sp³-hybridized carbons (Fsp3) is 0.250. The van der Waals surface area contributed by atoms with Gasteiger partial charge in [0.25, 0.3) is 5.91 Å². The van der Waals surface area contributed by atoms with Gasteiger partial charge in [-0.2, -0.15) is 0 Å². The zero-order valence-electron chi connectivity index (χ0n) is 10.6. The molecule has 0 unspecified atom stereocenters. The van der Waals surface area contributed by atoms with Gasteiger partial charge in [0.2, 0.25) is 10.1 Å². The number of nitrogens with one attached hydrogen (secondary N) is 2. The lowest BCUT2D eigenvalue weighted by Crippen LogP contribution is -2.25. The van der Waals surface area contributed by atoms with Gasteiger partial charge in [-0.3, -0.25) is 4.79 Å². The lowest BCUT2D eigenvalue weighted by molar-refractivity contribution is 0.0953. The van der Waals surface area contributed by atoms with E-state index >= 15 is 0 Å². The first-order valence-electron chi connectivity index (χ1n) is 5.83. The molecule has 0 saturated heterocycles. The first-order chi connectivity index (χ1) is 9.60. The average Bonchev–Trinajstić information content (AvgIpc) is 2.90. The molecule has 2 rings (SSSR count). The Morgan fingerprint density at radius 2 is 2.15 bits per heavy atom. The van der Waals surface area contributed by atoms with E-state index in [-0.39, 0.29) is 5.91 Å². The molecule has 1 amide bonds. The second-order valence-electron chi connectivity index (χ2n) is 3.90. The van der Waals surface area contributed by atoms with Crippen LogP contribution in [0.1, 0.15) is 15.4 Å². The molecule has 0 fully saturated rings. The lowest BCUT2D eigenvalue weighted by atomic mass is 10.1. The van der Waals surface area contributed by atoms with Crippen molar-refractivity contribution in [3.8, 4) is 0 Å². The molecule has 0 saturated carbocycles. The van der Waals surface area contributed by atoms with Gasteiger partial charge in [0.05, 0.1) is 0 Å².